The Balaban J connectivity index is 0.00000341. The van der Waals surface area contributed by atoms with Crippen molar-refractivity contribution in [3.8, 4) is 11.8 Å². The molecule has 1 fully saturated rings. The molecule has 0 unspecified atom stereocenters. The lowest BCUT2D eigenvalue weighted by molar-refractivity contribution is -0.133. The summed E-state index contributed by atoms with van der Waals surface area (Å²) in [6.07, 6.45) is 4.19. The number of pyridine rings is 1. The first kappa shape index (κ1) is 23.9. The van der Waals surface area contributed by atoms with Gasteiger partial charge in [0.15, 0.2) is 0 Å². The Morgan fingerprint density at radius 3 is 2.26 bits per heavy atom. The van der Waals surface area contributed by atoms with Crippen LogP contribution in [0.15, 0.2) is 42.6 Å². The topological polar surface area (TPSA) is 124 Å². The van der Waals surface area contributed by atoms with Gasteiger partial charge in [0, 0.05) is 28.9 Å². The normalized spacial score (nSPS) is 14.5. The van der Waals surface area contributed by atoms with Gasteiger partial charge in [-0.25, -0.2) is 10.5 Å². The van der Waals surface area contributed by atoms with Crippen molar-refractivity contribution in [2.75, 3.05) is 5.32 Å². The highest BCUT2D eigenvalue weighted by atomic mass is 16.5. The molecule has 1 aromatic carbocycles. The van der Waals surface area contributed by atoms with Gasteiger partial charge in [-0.2, -0.15) is 0 Å². The number of hydrogen-bond donors (Lipinski definition) is 5. The van der Waals surface area contributed by atoms with E-state index in [0.29, 0.717) is 17.2 Å². The molecule has 0 bridgehead atoms. The Labute approximate surface area is 182 Å². The molecule has 2 aromatic rings. The largest absolute Gasteiger partial charge is 0.391 e. The van der Waals surface area contributed by atoms with Gasteiger partial charge in [-0.15, -0.1) is 0 Å². The number of amides is 2. The molecule has 0 aliphatic heterocycles. The minimum Gasteiger partial charge on any atom is -0.391 e. The number of aliphatic hydroxyl groups excluding tert-OH is 1. The molecule has 1 aromatic heterocycles. The monoisotopic (exact) mass is 424 g/mol. The molecular weight excluding hydrogens is 396 g/mol. The van der Waals surface area contributed by atoms with Crippen molar-refractivity contribution in [3.63, 3.8) is 0 Å². The summed E-state index contributed by atoms with van der Waals surface area (Å²) >= 11 is 0. The quantitative estimate of drug-likeness (QED) is 0.275. The van der Waals surface area contributed by atoms with E-state index in [4.69, 9.17) is 5.21 Å². The first-order valence-corrected chi connectivity index (χ1v) is 9.74. The van der Waals surface area contributed by atoms with Crippen LogP contribution in [0.4, 0.5) is 5.82 Å². The average Bonchev–Trinajstić information content (AvgIpc) is 2.73. The number of carbonyl (C=O) groups excluding carboxylic acids is 2. The van der Waals surface area contributed by atoms with Crippen molar-refractivity contribution in [2.45, 2.75) is 51.8 Å². The lowest BCUT2D eigenvalue weighted by Crippen LogP contribution is -2.51. The van der Waals surface area contributed by atoms with E-state index in [1.54, 1.807) is 30.5 Å². The summed E-state index contributed by atoms with van der Waals surface area (Å²) in [5.41, 5.74) is 3.21. The predicted octanol–water partition coefficient (Wildman–Crippen LogP) is 2.07. The number of anilines is 1. The zero-order valence-electron chi connectivity index (χ0n) is 16.6. The number of hydroxylamine groups is 1. The van der Waals surface area contributed by atoms with Gasteiger partial charge in [0.1, 0.15) is 11.9 Å². The number of nitrogens with one attached hydrogen (secondary N) is 3. The van der Waals surface area contributed by atoms with Crippen molar-refractivity contribution in [2.24, 2.45) is 0 Å². The maximum absolute atomic E-state index is 12.3. The smallest absolute Gasteiger partial charge is 0.268 e. The second-order valence-electron chi connectivity index (χ2n) is 7.20. The molecular formula is C23H28N4O4. The maximum atomic E-state index is 12.3. The third-order valence-electron chi connectivity index (χ3n) is 4.88. The van der Waals surface area contributed by atoms with Gasteiger partial charge >= 0.3 is 0 Å². The third-order valence-corrected chi connectivity index (χ3v) is 4.88. The van der Waals surface area contributed by atoms with Crippen molar-refractivity contribution in [1.29, 1.82) is 0 Å². The first-order chi connectivity index (χ1) is 14.5. The van der Waals surface area contributed by atoms with E-state index >= 15 is 0 Å². The number of rotatable bonds is 6. The molecule has 31 heavy (non-hydrogen) atoms. The Morgan fingerprint density at radius 2 is 1.74 bits per heavy atom. The molecule has 1 aliphatic carbocycles. The Bertz CT molecular complexity index is 942. The SMILES string of the molecule is C.C[C@@H](O)[C@H](NC(=O)c1ccc(C#Cc2ccc(NC3CCC3)nc2)cc1)C(=O)NO. The fourth-order valence-electron chi connectivity index (χ4n) is 2.86. The van der Waals surface area contributed by atoms with Gasteiger partial charge in [-0.3, -0.25) is 14.8 Å². The second kappa shape index (κ2) is 11.1. The molecule has 2 atom stereocenters. The molecule has 8 nitrogen and oxygen atoms in total. The fourth-order valence-corrected chi connectivity index (χ4v) is 2.86. The molecule has 0 radical (unpaired) electrons. The Morgan fingerprint density at radius 1 is 1.10 bits per heavy atom. The van der Waals surface area contributed by atoms with Crippen molar-refractivity contribution in [1.82, 2.24) is 15.8 Å². The van der Waals surface area contributed by atoms with Crippen LogP contribution in [0.3, 0.4) is 0 Å². The number of benzene rings is 1. The van der Waals surface area contributed by atoms with E-state index in [1.807, 2.05) is 12.1 Å². The summed E-state index contributed by atoms with van der Waals surface area (Å²) in [7, 11) is 0. The summed E-state index contributed by atoms with van der Waals surface area (Å²) < 4.78 is 0. The molecule has 5 N–H and O–H groups in total. The number of aliphatic hydroxyl groups is 1. The number of hydrogen-bond acceptors (Lipinski definition) is 6. The van der Waals surface area contributed by atoms with Gasteiger partial charge in [0.25, 0.3) is 11.8 Å². The Kier molecular flexibility index (Phi) is 8.55. The molecule has 3 rings (SSSR count). The summed E-state index contributed by atoms with van der Waals surface area (Å²) in [6, 6.07) is 9.59. The van der Waals surface area contributed by atoms with Gasteiger partial charge < -0.3 is 15.7 Å². The molecule has 2 amide bonds. The lowest BCUT2D eigenvalue weighted by Gasteiger charge is -2.26. The van der Waals surface area contributed by atoms with Crippen LogP contribution in [-0.4, -0.2) is 45.3 Å². The molecule has 1 aliphatic rings. The molecule has 1 heterocycles. The highest BCUT2D eigenvalue weighted by molar-refractivity contribution is 5.97. The highest BCUT2D eigenvalue weighted by Gasteiger charge is 2.25. The minimum absolute atomic E-state index is 0. The van der Waals surface area contributed by atoms with Crippen molar-refractivity contribution < 1.29 is 19.9 Å². The minimum atomic E-state index is -1.27. The standard InChI is InChI=1S/C22H24N4O4.CH4/c1-14(27)20(22(29)26-30)25-21(28)17-10-7-15(8-11-17)5-6-16-9-12-19(23-13-16)24-18-3-2-4-18;/h7-14,18,20,27,30H,2-4H2,1H3,(H,23,24)(H,25,28)(H,26,29);1H4/t14-,20+;/m1./s1. The number of nitrogens with zero attached hydrogens (tertiary/aromatic N) is 1. The number of carbonyl (C=O) groups is 2. The van der Waals surface area contributed by atoms with Crippen LogP contribution in [0.25, 0.3) is 0 Å². The van der Waals surface area contributed by atoms with Gasteiger partial charge in [0.2, 0.25) is 0 Å². The zero-order chi connectivity index (χ0) is 21.5. The van der Waals surface area contributed by atoms with Crippen molar-refractivity contribution in [3.05, 3.63) is 59.3 Å². The molecule has 1 saturated carbocycles. The summed E-state index contributed by atoms with van der Waals surface area (Å²) in [5, 5.41) is 24.1. The van der Waals surface area contributed by atoms with E-state index in [2.05, 4.69) is 27.5 Å². The molecule has 8 heteroatoms. The Hall–Kier alpha value is -3.41. The third kappa shape index (κ3) is 6.54. The van der Waals surface area contributed by atoms with Gasteiger partial charge in [-0.05, 0) is 62.6 Å². The molecule has 0 saturated heterocycles. The molecule has 164 valence electrons. The van der Waals surface area contributed by atoms with Gasteiger partial charge in [-0.1, -0.05) is 19.3 Å². The number of aromatic nitrogens is 1. The maximum Gasteiger partial charge on any atom is 0.268 e. The first-order valence-electron chi connectivity index (χ1n) is 9.74. The second-order valence-corrected chi connectivity index (χ2v) is 7.20. The summed E-state index contributed by atoms with van der Waals surface area (Å²) in [6.45, 7) is 1.34. The highest BCUT2D eigenvalue weighted by Crippen LogP contribution is 2.22. The summed E-state index contributed by atoms with van der Waals surface area (Å²) in [5.74, 6) is 5.45. The van der Waals surface area contributed by atoms with E-state index in [1.165, 1.54) is 31.7 Å². The van der Waals surface area contributed by atoms with Crippen LogP contribution in [0, 0.1) is 11.8 Å². The van der Waals surface area contributed by atoms with Crippen LogP contribution in [0.2, 0.25) is 0 Å². The van der Waals surface area contributed by atoms with Crippen LogP contribution in [0.5, 0.6) is 0 Å². The van der Waals surface area contributed by atoms with Crippen molar-refractivity contribution >= 4 is 17.6 Å². The van der Waals surface area contributed by atoms with E-state index in [9.17, 15) is 14.7 Å². The average molecular weight is 425 g/mol. The van der Waals surface area contributed by atoms with Crippen LogP contribution < -0.4 is 16.1 Å². The van der Waals surface area contributed by atoms with Crippen LogP contribution in [0.1, 0.15) is 55.1 Å². The van der Waals surface area contributed by atoms with E-state index < -0.39 is 24.0 Å². The van der Waals surface area contributed by atoms with Gasteiger partial charge in [0.05, 0.1) is 6.10 Å². The van der Waals surface area contributed by atoms with Crippen LogP contribution >= 0.6 is 0 Å². The fraction of sp³-hybridized carbons (Fsp3) is 0.348. The summed E-state index contributed by atoms with van der Waals surface area (Å²) in [4.78, 5) is 28.2. The van der Waals surface area contributed by atoms with E-state index in [0.717, 1.165) is 11.4 Å². The predicted molar refractivity (Wildman–Crippen MR) is 118 cm³/mol. The lowest BCUT2D eigenvalue weighted by atomic mass is 9.93. The zero-order valence-corrected chi connectivity index (χ0v) is 16.6. The molecule has 0 spiro atoms. The van der Waals surface area contributed by atoms with E-state index in [-0.39, 0.29) is 7.43 Å². The van der Waals surface area contributed by atoms with Crippen LogP contribution in [-0.2, 0) is 4.79 Å².